The van der Waals surface area contributed by atoms with Gasteiger partial charge in [0.15, 0.2) is 23.3 Å². The van der Waals surface area contributed by atoms with Crippen LogP contribution in [0.15, 0.2) is 147 Å². The lowest BCUT2D eigenvalue weighted by atomic mass is 10.1. The molecule has 0 radical (unpaired) electrons. The number of Topliss-reactive ketones (excluding diaryl/α,β-unsaturated/α-hetero) is 2. The van der Waals surface area contributed by atoms with E-state index in [9.17, 15) is 28.0 Å². The van der Waals surface area contributed by atoms with E-state index in [2.05, 4.69) is 96.0 Å². The molecule has 8 aromatic heterocycles. The van der Waals surface area contributed by atoms with Crippen LogP contribution in [0, 0.1) is 11.6 Å². The molecular weight excluding hydrogens is 967 g/mol. The van der Waals surface area contributed by atoms with Crippen LogP contribution in [0.1, 0.15) is 20.7 Å². The van der Waals surface area contributed by atoms with E-state index >= 15 is 0 Å². The number of carbonyl (C=O) groups excluding carboxylic acids is 3. The number of carboxylic acid groups (broad SMARTS) is 1. The van der Waals surface area contributed by atoms with E-state index in [1.807, 2.05) is 60.8 Å². The number of piperazine rings is 2. The van der Waals surface area contributed by atoms with Gasteiger partial charge in [-0.15, -0.1) is 10.2 Å². The Bertz CT molecular complexity index is 3640. The first-order chi connectivity index (χ1) is 36.7. The fourth-order valence-electron chi connectivity index (χ4n) is 8.89. The Hall–Kier alpha value is -9.90. The third kappa shape index (κ3) is 10.1. The van der Waals surface area contributed by atoms with Crippen molar-refractivity contribution in [1.29, 1.82) is 0 Å². The number of amides is 1. The Morgan fingerprint density at radius 2 is 0.987 bits per heavy atom. The number of ketones is 2. The van der Waals surface area contributed by atoms with Crippen LogP contribution in [0.5, 0.6) is 0 Å². The molecule has 12 rings (SSSR count). The molecule has 0 bridgehead atoms. The maximum absolute atomic E-state index is 14.8. The molecule has 2 aliphatic heterocycles. The number of nitrogens with zero attached hydrogens (tertiary/aromatic N) is 13. The van der Waals surface area contributed by atoms with Crippen molar-refractivity contribution in [3.05, 3.63) is 170 Å². The van der Waals surface area contributed by atoms with Crippen LogP contribution in [0.3, 0.4) is 0 Å². The van der Waals surface area contributed by atoms with Crippen molar-refractivity contribution in [3.63, 3.8) is 0 Å². The highest BCUT2D eigenvalue weighted by molar-refractivity contribution is 6.45. The smallest absolute Gasteiger partial charge is 0.377 e. The molecule has 10 aromatic rings. The minimum Gasteiger partial charge on any atom is -0.475 e. The van der Waals surface area contributed by atoms with Crippen molar-refractivity contribution in [3.8, 4) is 33.9 Å². The molecule has 10 heterocycles. The van der Waals surface area contributed by atoms with Gasteiger partial charge in [-0.3, -0.25) is 14.4 Å². The van der Waals surface area contributed by atoms with E-state index < -0.39 is 35.1 Å². The van der Waals surface area contributed by atoms with Crippen LogP contribution in [0.2, 0.25) is 0 Å². The quantitative estimate of drug-likeness (QED) is 0.0963. The Labute approximate surface area is 424 Å². The van der Waals surface area contributed by atoms with Crippen LogP contribution in [0.25, 0.3) is 55.7 Å². The lowest BCUT2D eigenvalue weighted by molar-refractivity contribution is -0.131. The molecule has 75 heavy (non-hydrogen) atoms. The molecule has 0 aliphatic carbocycles. The first kappa shape index (κ1) is 48.7. The largest absolute Gasteiger partial charge is 0.475 e. The van der Waals surface area contributed by atoms with E-state index in [1.54, 1.807) is 12.4 Å². The molecule has 4 N–H and O–H groups in total. The summed E-state index contributed by atoms with van der Waals surface area (Å²) < 4.78 is 31.2. The predicted octanol–water partition coefficient (Wildman–Crippen LogP) is 5.58. The zero-order valence-electron chi connectivity index (χ0n) is 39.7. The maximum Gasteiger partial charge on any atom is 0.377 e. The van der Waals surface area contributed by atoms with Gasteiger partial charge < -0.3 is 35.1 Å². The standard InChI is InChI=1S/C26H21FN8O2.C15H17N3.C11H6FN5O3/c27-20-16-30-25(35-10-9-31-32-35)22-21(20)19(15-29-22)23(36)26(37)34-13-11-33(12-14-34)24-18(7-4-8-28-24)17-5-2-1-3-6-17;1-2-5-13(6-3-1)14-7-4-8-17-15(14)18-11-9-16-10-12-18;12-6-4-14-10(17-2-1-15-16-17)8-7(6)5(3-13-8)9(18)11(19)20/h1-10,15-16,29H,11-14H2;1-8,16H,9-12H2;1-4,13H,(H,19,20). The number of aromatic amines is 2. The minimum atomic E-state index is -1.66. The number of hydrogen-bond acceptors (Lipinski definition) is 15. The number of aliphatic carboxylic acids is 1. The molecule has 1 amide bonds. The lowest BCUT2D eigenvalue weighted by Crippen LogP contribution is -2.51. The van der Waals surface area contributed by atoms with Crippen LogP contribution < -0.4 is 15.1 Å². The summed E-state index contributed by atoms with van der Waals surface area (Å²) in [4.78, 5) is 77.2. The van der Waals surface area contributed by atoms with Gasteiger partial charge in [0.1, 0.15) is 11.6 Å². The van der Waals surface area contributed by atoms with Gasteiger partial charge >= 0.3 is 5.97 Å². The monoisotopic (exact) mass is 1010 g/mol. The number of aromatic nitrogens is 12. The first-order valence-corrected chi connectivity index (χ1v) is 23.5. The summed E-state index contributed by atoms with van der Waals surface area (Å²) in [5.41, 5.74) is 4.63. The van der Waals surface area contributed by atoms with Gasteiger partial charge in [-0.05, 0) is 35.4 Å². The zero-order valence-corrected chi connectivity index (χ0v) is 39.7. The lowest BCUT2D eigenvalue weighted by Gasteiger charge is -2.35. The SMILES string of the molecule is O=C(C(=O)N1CCN(c2ncccc2-c2ccccc2)CC1)c1c[nH]c2c(-n3ccnn3)ncc(F)c12.O=C(O)C(=O)c1c[nH]c2c(-n3ccnn3)ncc(F)c12.c1ccc(-c2cccnc2N2CCNCC2)cc1. The number of pyridine rings is 4. The molecule has 2 aromatic carbocycles. The summed E-state index contributed by atoms with van der Waals surface area (Å²) >= 11 is 0. The molecular formula is C52H44F2N16O5. The third-order valence-electron chi connectivity index (χ3n) is 12.5. The third-order valence-corrected chi connectivity index (χ3v) is 12.5. The van der Waals surface area contributed by atoms with Crippen molar-refractivity contribution in [2.45, 2.75) is 0 Å². The second-order valence-electron chi connectivity index (χ2n) is 16.9. The zero-order chi connectivity index (χ0) is 51.8. The average Bonchev–Trinajstić information content (AvgIpc) is 4.34. The Kier molecular flexibility index (Phi) is 14.2. The molecule has 21 nitrogen and oxygen atoms in total. The normalized spacial score (nSPS) is 13.4. The minimum absolute atomic E-state index is 0.00141. The molecule has 0 saturated carbocycles. The number of nitrogens with one attached hydrogen (secondary N) is 3. The van der Waals surface area contributed by atoms with Crippen molar-refractivity contribution >= 4 is 56.9 Å². The summed E-state index contributed by atoms with van der Waals surface area (Å²) in [5.74, 6) is -3.40. The highest BCUT2D eigenvalue weighted by Crippen LogP contribution is 2.32. The Morgan fingerprint density at radius 3 is 1.44 bits per heavy atom. The number of rotatable bonds is 10. The van der Waals surface area contributed by atoms with Gasteiger partial charge in [0.25, 0.3) is 17.5 Å². The number of benzene rings is 2. The molecule has 2 fully saturated rings. The van der Waals surface area contributed by atoms with E-state index in [4.69, 9.17) is 5.11 Å². The number of anilines is 2. The van der Waals surface area contributed by atoms with Gasteiger partial charge in [-0.1, -0.05) is 71.1 Å². The van der Waals surface area contributed by atoms with Crippen LogP contribution in [0.4, 0.5) is 20.4 Å². The van der Waals surface area contributed by atoms with Gasteiger partial charge in [-0.2, -0.15) is 0 Å². The van der Waals surface area contributed by atoms with Gasteiger partial charge in [0, 0.05) is 88.3 Å². The van der Waals surface area contributed by atoms with Crippen LogP contribution in [-0.2, 0) is 9.59 Å². The summed E-state index contributed by atoms with van der Waals surface area (Å²) in [7, 11) is 0. The molecule has 0 atom stereocenters. The number of carbonyl (C=O) groups is 4. The van der Waals surface area contributed by atoms with Crippen LogP contribution >= 0.6 is 0 Å². The van der Waals surface area contributed by atoms with E-state index in [1.165, 1.54) is 50.2 Å². The number of H-pyrrole nitrogens is 2. The maximum atomic E-state index is 14.8. The topological polar surface area (TPSA) is 255 Å². The van der Waals surface area contributed by atoms with E-state index in [0.29, 0.717) is 26.2 Å². The Balaban J connectivity index is 0.000000142. The molecule has 23 heteroatoms. The summed E-state index contributed by atoms with van der Waals surface area (Å²) in [5, 5.41) is 26.9. The summed E-state index contributed by atoms with van der Waals surface area (Å²) in [6.45, 7) is 5.82. The van der Waals surface area contributed by atoms with Gasteiger partial charge in [0.05, 0.1) is 70.1 Å². The Morgan fingerprint density at radius 1 is 0.520 bits per heavy atom. The molecule has 0 unspecified atom stereocenters. The van der Waals surface area contributed by atoms with Crippen molar-refractivity contribution < 1.29 is 33.1 Å². The molecule has 376 valence electrons. The highest BCUT2D eigenvalue weighted by atomic mass is 19.1. The fourth-order valence-corrected chi connectivity index (χ4v) is 8.89. The molecule has 2 saturated heterocycles. The van der Waals surface area contributed by atoms with Crippen LogP contribution in [-0.4, -0.2) is 146 Å². The highest BCUT2D eigenvalue weighted by Gasteiger charge is 2.31. The average molecular weight is 1010 g/mol. The predicted molar refractivity (Wildman–Crippen MR) is 271 cm³/mol. The van der Waals surface area contributed by atoms with E-state index in [-0.39, 0.29) is 44.6 Å². The number of carboxylic acids is 1. The summed E-state index contributed by atoms with van der Waals surface area (Å²) in [6.07, 6.45) is 13.9. The second-order valence-corrected chi connectivity index (χ2v) is 16.9. The number of halogens is 2. The fraction of sp³-hybridized carbons (Fsp3) is 0.154. The van der Waals surface area contributed by atoms with Gasteiger partial charge in [-0.25, -0.2) is 42.9 Å². The number of hydrogen-bond donors (Lipinski definition) is 4. The first-order valence-electron chi connectivity index (χ1n) is 23.5. The van der Waals surface area contributed by atoms with Crippen molar-refractivity contribution in [1.82, 2.24) is 70.1 Å². The van der Waals surface area contributed by atoms with E-state index in [0.717, 1.165) is 67.5 Å². The van der Waals surface area contributed by atoms with Gasteiger partial charge in [0.2, 0.25) is 0 Å². The molecule has 0 spiro atoms. The van der Waals surface area contributed by atoms with Crippen molar-refractivity contribution in [2.75, 3.05) is 62.2 Å². The second kappa shape index (κ2) is 21.8. The molecule has 2 aliphatic rings. The number of fused-ring (bicyclic) bond motifs is 2. The summed E-state index contributed by atoms with van der Waals surface area (Å²) in [6, 6.07) is 28.5. The van der Waals surface area contributed by atoms with Crippen molar-refractivity contribution in [2.24, 2.45) is 0 Å².